The number of carbonyl (C=O) groups is 1. The number of rotatable bonds is 4. The number of H-pyrrole nitrogens is 1. The number of nitrogens with one attached hydrogen (secondary N) is 1. The van der Waals surface area contributed by atoms with E-state index in [0.29, 0.717) is 28.8 Å². The minimum absolute atomic E-state index is 0.0490. The summed E-state index contributed by atoms with van der Waals surface area (Å²) in [5.74, 6) is 0.150. The summed E-state index contributed by atoms with van der Waals surface area (Å²) in [5.41, 5.74) is 3.66. The molecule has 0 spiro atoms. The Morgan fingerprint density at radius 2 is 2.10 bits per heavy atom. The third kappa shape index (κ3) is 3.40. The smallest absolute Gasteiger partial charge is 0.248 e. The van der Waals surface area contributed by atoms with E-state index < -0.39 is 0 Å². The van der Waals surface area contributed by atoms with E-state index in [1.807, 2.05) is 6.92 Å². The summed E-state index contributed by atoms with van der Waals surface area (Å²) in [6, 6.07) is 6.15. The highest BCUT2D eigenvalue weighted by atomic mass is 35.5. The van der Waals surface area contributed by atoms with E-state index in [0.717, 1.165) is 29.9 Å². The highest BCUT2D eigenvalue weighted by molar-refractivity contribution is 6.33. The van der Waals surface area contributed by atoms with Gasteiger partial charge in [-0.25, -0.2) is 14.1 Å². The van der Waals surface area contributed by atoms with E-state index in [-0.39, 0.29) is 18.3 Å². The van der Waals surface area contributed by atoms with Crippen molar-refractivity contribution in [1.29, 1.82) is 0 Å². The van der Waals surface area contributed by atoms with E-state index in [4.69, 9.17) is 11.6 Å². The zero-order valence-corrected chi connectivity index (χ0v) is 17.5. The summed E-state index contributed by atoms with van der Waals surface area (Å²) in [6.07, 6.45) is 6.60. The van der Waals surface area contributed by atoms with Gasteiger partial charge in [0.25, 0.3) is 0 Å². The summed E-state index contributed by atoms with van der Waals surface area (Å²) < 4.78 is 16.7. The first kappa shape index (κ1) is 19.5. The fraction of sp³-hybridized carbons (Fsp3) is 0.238. The molecule has 1 aromatic carbocycles. The van der Waals surface area contributed by atoms with Gasteiger partial charge in [0.1, 0.15) is 18.1 Å². The number of anilines is 1. The molecule has 0 atom stereocenters. The second-order valence-corrected chi connectivity index (χ2v) is 7.74. The number of benzene rings is 1. The zero-order valence-electron chi connectivity index (χ0n) is 16.7. The van der Waals surface area contributed by atoms with Gasteiger partial charge in [-0.2, -0.15) is 10.2 Å². The van der Waals surface area contributed by atoms with Crippen LogP contribution in [0.4, 0.5) is 10.1 Å². The van der Waals surface area contributed by atoms with Gasteiger partial charge in [-0.1, -0.05) is 11.6 Å². The molecule has 3 aromatic heterocycles. The molecule has 1 amide bonds. The lowest BCUT2D eigenvalue weighted by Crippen LogP contribution is -2.38. The summed E-state index contributed by atoms with van der Waals surface area (Å²) in [7, 11) is 0. The summed E-state index contributed by atoms with van der Waals surface area (Å²) in [4.78, 5) is 22.1. The highest BCUT2D eigenvalue weighted by Gasteiger charge is 2.28. The van der Waals surface area contributed by atoms with Gasteiger partial charge < -0.3 is 9.88 Å². The maximum atomic E-state index is 13.3. The van der Waals surface area contributed by atoms with Crippen molar-refractivity contribution >= 4 is 23.2 Å². The lowest BCUT2D eigenvalue weighted by atomic mass is 10.1. The fourth-order valence-electron chi connectivity index (χ4n) is 3.85. The number of hydrogen-bond acceptors (Lipinski definition) is 4. The van der Waals surface area contributed by atoms with Gasteiger partial charge in [0.2, 0.25) is 5.91 Å². The molecule has 31 heavy (non-hydrogen) atoms. The van der Waals surface area contributed by atoms with Crippen molar-refractivity contribution in [2.45, 2.75) is 26.3 Å². The van der Waals surface area contributed by atoms with Crippen molar-refractivity contribution < 1.29 is 9.18 Å². The van der Waals surface area contributed by atoms with Crippen LogP contribution >= 0.6 is 11.6 Å². The number of aromatic nitrogens is 6. The monoisotopic (exact) mass is 439 g/mol. The minimum Gasteiger partial charge on any atom is -0.343 e. The van der Waals surface area contributed by atoms with Crippen LogP contribution in [0.25, 0.3) is 17.2 Å². The maximum absolute atomic E-state index is 13.3. The molecule has 8 nitrogen and oxygen atoms in total. The van der Waals surface area contributed by atoms with E-state index in [2.05, 4.69) is 20.2 Å². The van der Waals surface area contributed by atoms with E-state index >= 15 is 0 Å². The SMILES string of the molecule is Cc1c(Cl)c(-c2ncc[nH]2)nn1CC(=O)N1CCCc2c1cnn2-c1ccc(F)cc1. The van der Waals surface area contributed by atoms with Crippen LogP contribution in [-0.4, -0.2) is 42.0 Å². The topological polar surface area (TPSA) is 84.6 Å². The fourth-order valence-corrected chi connectivity index (χ4v) is 4.08. The molecule has 1 N–H and O–H groups in total. The maximum Gasteiger partial charge on any atom is 0.248 e. The van der Waals surface area contributed by atoms with E-state index in [1.54, 1.807) is 45.0 Å². The first-order valence-electron chi connectivity index (χ1n) is 9.89. The molecule has 158 valence electrons. The van der Waals surface area contributed by atoms with Gasteiger partial charge in [0.15, 0.2) is 5.82 Å². The van der Waals surface area contributed by atoms with Crippen LogP contribution in [0.3, 0.4) is 0 Å². The van der Waals surface area contributed by atoms with Crippen molar-refractivity contribution in [2.75, 3.05) is 11.4 Å². The van der Waals surface area contributed by atoms with Crippen LogP contribution in [0.15, 0.2) is 42.9 Å². The zero-order chi connectivity index (χ0) is 21.5. The molecule has 0 saturated heterocycles. The van der Waals surface area contributed by atoms with Crippen molar-refractivity contribution in [3.8, 4) is 17.2 Å². The summed E-state index contributed by atoms with van der Waals surface area (Å²) in [5, 5.41) is 9.41. The van der Waals surface area contributed by atoms with E-state index in [9.17, 15) is 9.18 Å². The van der Waals surface area contributed by atoms with Gasteiger partial charge in [-0.3, -0.25) is 9.48 Å². The van der Waals surface area contributed by atoms with Crippen molar-refractivity contribution in [2.24, 2.45) is 0 Å². The Balaban J connectivity index is 1.42. The predicted octanol–water partition coefficient (Wildman–Crippen LogP) is 3.54. The Bertz CT molecular complexity index is 1240. The van der Waals surface area contributed by atoms with Gasteiger partial charge in [0.05, 0.1) is 34.0 Å². The molecule has 5 rings (SSSR count). The first-order chi connectivity index (χ1) is 15.0. The lowest BCUT2D eigenvalue weighted by Gasteiger charge is -2.27. The number of fused-ring (bicyclic) bond motifs is 1. The molecule has 1 aliphatic rings. The second-order valence-electron chi connectivity index (χ2n) is 7.36. The number of amides is 1. The number of nitrogens with zero attached hydrogens (tertiary/aromatic N) is 6. The summed E-state index contributed by atoms with van der Waals surface area (Å²) >= 11 is 6.43. The minimum atomic E-state index is -0.302. The van der Waals surface area contributed by atoms with Gasteiger partial charge >= 0.3 is 0 Å². The highest BCUT2D eigenvalue weighted by Crippen LogP contribution is 2.30. The average Bonchev–Trinajstić information content (AvgIpc) is 3.50. The number of aromatic amines is 1. The molecule has 0 aliphatic carbocycles. The molecule has 10 heteroatoms. The molecule has 0 fully saturated rings. The van der Waals surface area contributed by atoms with Crippen molar-refractivity contribution in [3.05, 3.63) is 65.1 Å². The van der Waals surface area contributed by atoms with Crippen molar-refractivity contribution in [1.82, 2.24) is 29.5 Å². The van der Waals surface area contributed by atoms with Gasteiger partial charge in [-0.05, 0) is 44.0 Å². The third-order valence-corrected chi connectivity index (χ3v) is 5.90. The number of imidazole rings is 1. The summed E-state index contributed by atoms with van der Waals surface area (Å²) in [6.45, 7) is 2.47. The largest absolute Gasteiger partial charge is 0.343 e. The molecule has 0 radical (unpaired) electrons. The number of hydrogen-bond donors (Lipinski definition) is 1. The van der Waals surface area contributed by atoms with Gasteiger partial charge in [0, 0.05) is 18.9 Å². The Hall–Kier alpha value is -3.46. The lowest BCUT2D eigenvalue weighted by molar-refractivity contribution is -0.119. The molecule has 0 saturated carbocycles. The molecular formula is C21H19ClFN7O. The normalized spacial score (nSPS) is 13.5. The molecule has 4 aromatic rings. The van der Waals surface area contributed by atoms with Crippen LogP contribution in [0.2, 0.25) is 5.02 Å². The molecule has 0 bridgehead atoms. The molecule has 4 heterocycles. The first-order valence-corrected chi connectivity index (χ1v) is 10.3. The van der Waals surface area contributed by atoms with E-state index in [1.165, 1.54) is 12.1 Å². The molecular weight excluding hydrogens is 421 g/mol. The predicted molar refractivity (Wildman–Crippen MR) is 114 cm³/mol. The molecule has 0 unspecified atom stereocenters. The second kappa shape index (κ2) is 7.66. The van der Waals surface area contributed by atoms with Crippen LogP contribution in [0.5, 0.6) is 0 Å². The van der Waals surface area contributed by atoms with Crippen LogP contribution in [0.1, 0.15) is 17.8 Å². The van der Waals surface area contributed by atoms with Gasteiger partial charge in [-0.15, -0.1) is 0 Å². The van der Waals surface area contributed by atoms with Crippen LogP contribution < -0.4 is 4.90 Å². The Kier molecular flexibility index (Phi) is 4.82. The van der Waals surface area contributed by atoms with Crippen LogP contribution in [0, 0.1) is 12.7 Å². The number of carbonyl (C=O) groups excluding carboxylic acids is 1. The Morgan fingerprint density at radius 1 is 1.29 bits per heavy atom. The van der Waals surface area contributed by atoms with Crippen LogP contribution in [-0.2, 0) is 17.8 Å². The Morgan fingerprint density at radius 3 is 2.84 bits per heavy atom. The number of halogens is 2. The van der Waals surface area contributed by atoms with Crippen molar-refractivity contribution in [3.63, 3.8) is 0 Å². The standard InChI is InChI=1S/C21H19ClFN7O/c1-13-19(22)20(21-24-8-9-25-21)27-29(13)12-18(31)28-10-2-3-16-17(28)11-26-30(16)15-6-4-14(23)5-7-15/h4-9,11H,2-3,10,12H2,1H3,(H,24,25). The quantitative estimate of drug-likeness (QED) is 0.527. The molecule has 1 aliphatic heterocycles. The Labute approximate surface area is 182 Å². The third-order valence-electron chi connectivity index (χ3n) is 5.45. The average molecular weight is 440 g/mol.